The van der Waals surface area contributed by atoms with Crippen molar-refractivity contribution in [1.82, 2.24) is 9.55 Å². The molecule has 2 aromatic rings. The van der Waals surface area contributed by atoms with Crippen molar-refractivity contribution in [3.05, 3.63) is 39.9 Å². The number of hydrogen-bond acceptors (Lipinski definition) is 4. The van der Waals surface area contributed by atoms with Crippen LogP contribution >= 0.6 is 11.6 Å². The van der Waals surface area contributed by atoms with Crippen LogP contribution in [-0.4, -0.2) is 36.0 Å². The Bertz CT molecular complexity index is 670. The van der Waals surface area contributed by atoms with Crippen molar-refractivity contribution in [2.24, 2.45) is 0 Å². The molecule has 0 radical (unpaired) electrons. The standard InChI is InChI=1S/C13H13ClN2O3/c1-18-11-6-19-5-10(11)16-7-15-9-4-2-3-8(14)12(9)13(16)17/h2-4,7,10-11H,5-6H2,1H3/t10-,11-/m0/s1. The van der Waals surface area contributed by atoms with E-state index in [9.17, 15) is 4.79 Å². The maximum Gasteiger partial charge on any atom is 0.263 e. The van der Waals surface area contributed by atoms with Gasteiger partial charge < -0.3 is 9.47 Å². The van der Waals surface area contributed by atoms with Gasteiger partial charge in [-0.25, -0.2) is 4.98 Å². The number of rotatable bonds is 2. The fourth-order valence-electron chi connectivity index (χ4n) is 2.38. The lowest BCUT2D eigenvalue weighted by Gasteiger charge is -2.18. The van der Waals surface area contributed by atoms with Crippen LogP contribution in [0.1, 0.15) is 6.04 Å². The summed E-state index contributed by atoms with van der Waals surface area (Å²) < 4.78 is 12.2. The van der Waals surface area contributed by atoms with Gasteiger partial charge >= 0.3 is 0 Å². The maximum atomic E-state index is 12.5. The molecule has 1 aromatic heterocycles. The predicted octanol–water partition coefficient (Wildman–Crippen LogP) is 1.64. The Morgan fingerprint density at radius 3 is 3.11 bits per heavy atom. The molecule has 1 aliphatic rings. The Balaban J connectivity index is 2.18. The van der Waals surface area contributed by atoms with Gasteiger partial charge in [-0.05, 0) is 12.1 Å². The third-order valence-corrected chi connectivity index (χ3v) is 3.74. The van der Waals surface area contributed by atoms with E-state index in [-0.39, 0.29) is 17.7 Å². The van der Waals surface area contributed by atoms with E-state index < -0.39 is 0 Å². The molecule has 100 valence electrons. The van der Waals surface area contributed by atoms with Crippen molar-refractivity contribution in [3.63, 3.8) is 0 Å². The highest BCUT2D eigenvalue weighted by atomic mass is 35.5. The lowest BCUT2D eigenvalue weighted by Crippen LogP contribution is -2.32. The van der Waals surface area contributed by atoms with E-state index >= 15 is 0 Å². The van der Waals surface area contributed by atoms with Gasteiger partial charge in [-0.2, -0.15) is 0 Å². The Kier molecular flexibility index (Phi) is 3.26. The zero-order valence-electron chi connectivity index (χ0n) is 10.4. The van der Waals surface area contributed by atoms with E-state index in [0.29, 0.717) is 29.1 Å². The minimum Gasteiger partial charge on any atom is -0.377 e. The SMILES string of the molecule is CO[C@H]1COC[C@@H]1n1cnc2cccc(Cl)c2c1=O. The predicted molar refractivity (Wildman–Crippen MR) is 71.7 cm³/mol. The van der Waals surface area contributed by atoms with Crippen LogP contribution < -0.4 is 5.56 Å². The number of fused-ring (bicyclic) bond motifs is 1. The number of aromatic nitrogens is 2. The summed E-state index contributed by atoms with van der Waals surface area (Å²) in [6.45, 7) is 0.921. The number of ether oxygens (including phenoxy) is 2. The number of hydrogen-bond donors (Lipinski definition) is 0. The van der Waals surface area contributed by atoms with Crippen molar-refractivity contribution in [3.8, 4) is 0 Å². The first-order chi connectivity index (χ1) is 9.22. The van der Waals surface area contributed by atoms with Crippen LogP contribution in [0.15, 0.2) is 29.3 Å². The molecule has 19 heavy (non-hydrogen) atoms. The van der Waals surface area contributed by atoms with Gasteiger partial charge in [0.1, 0.15) is 6.10 Å². The van der Waals surface area contributed by atoms with Crippen molar-refractivity contribution >= 4 is 22.5 Å². The third kappa shape index (κ3) is 2.04. The van der Waals surface area contributed by atoms with E-state index in [2.05, 4.69) is 4.98 Å². The average Bonchev–Trinajstić information content (AvgIpc) is 2.87. The lowest BCUT2D eigenvalue weighted by molar-refractivity contribution is 0.0679. The maximum absolute atomic E-state index is 12.5. The minimum atomic E-state index is -0.161. The second-order valence-electron chi connectivity index (χ2n) is 4.47. The summed E-state index contributed by atoms with van der Waals surface area (Å²) in [4.78, 5) is 16.8. The van der Waals surface area contributed by atoms with Crippen LogP contribution in [0.3, 0.4) is 0 Å². The molecular weight excluding hydrogens is 268 g/mol. The molecule has 0 saturated carbocycles. The zero-order valence-corrected chi connectivity index (χ0v) is 11.1. The van der Waals surface area contributed by atoms with Crippen LogP contribution in [0.4, 0.5) is 0 Å². The van der Waals surface area contributed by atoms with Gasteiger partial charge in [-0.1, -0.05) is 17.7 Å². The molecule has 3 rings (SSSR count). The Labute approximate surface area is 114 Å². The molecule has 0 spiro atoms. The highest BCUT2D eigenvalue weighted by Crippen LogP contribution is 2.23. The molecule has 0 amide bonds. The van der Waals surface area contributed by atoms with E-state index in [1.165, 1.54) is 6.33 Å². The summed E-state index contributed by atoms with van der Waals surface area (Å²) in [6.07, 6.45) is 1.39. The fourth-order valence-corrected chi connectivity index (χ4v) is 2.63. The highest BCUT2D eigenvalue weighted by Gasteiger charge is 2.30. The third-order valence-electron chi connectivity index (χ3n) is 3.42. The average molecular weight is 281 g/mol. The number of nitrogens with zero attached hydrogens (tertiary/aromatic N) is 2. The monoisotopic (exact) mass is 280 g/mol. The van der Waals surface area contributed by atoms with Crippen LogP contribution in [0, 0.1) is 0 Å². The van der Waals surface area contributed by atoms with Gasteiger partial charge in [-0.15, -0.1) is 0 Å². The molecule has 0 N–H and O–H groups in total. The lowest BCUT2D eigenvalue weighted by atomic mass is 10.2. The van der Waals surface area contributed by atoms with Crippen molar-refractivity contribution in [2.75, 3.05) is 20.3 Å². The smallest absolute Gasteiger partial charge is 0.263 e. The minimum absolute atomic E-state index is 0.139. The van der Waals surface area contributed by atoms with E-state index in [1.54, 1.807) is 29.9 Å². The number of benzene rings is 1. The molecule has 1 aliphatic heterocycles. The van der Waals surface area contributed by atoms with Gasteiger partial charge in [0.2, 0.25) is 0 Å². The van der Waals surface area contributed by atoms with Crippen LogP contribution in [0.2, 0.25) is 5.02 Å². The highest BCUT2D eigenvalue weighted by molar-refractivity contribution is 6.35. The molecular formula is C13H13ClN2O3. The number of halogens is 1. The van der Waals surface area contributed by atoms with Gasteiger partial charge in [0, 0.05) is 7.11 Å². The van der Waals surface area contributed by atoms with Crippen molar-refractivity contribution in [2.45, 2.75) is 12.1 Å². The topological polar surface area (TPSA) is 53.4 Å². The summed E-state index contributed by atoms with van der Waals surface area (Å²) in [5.41, 5.74) is 0.440. The summed E-state index contributed by atoms with van der Waals surface area (Å²) in [7, 11) is 1.61. The van der Waals surface area contributed by atoms with Crippen LogP contribution in [0.25, 0.3) is 10.9 Å². The summed E-state index contributed by atoms with van der Waals surface area (Å²) in [6, 6.07) is 5.07. The molecule has 2 heterocycles. The quantitative estimate of drug-likeness (QED) is 0.839. The van der Waals surface area contributed by atoms with E-state index in [4.69, 9.17) is 21.1 Å². The van der Waals surface area contributed by atoms with Gasteiger partial charge in [0.15, 0.2) is 0 Å². The van der Waals surface area contributed by atoms with E-state index in [0.717, 1.165) is 0 Å². The summed E-state index contributed by atoms with van der Waals surface area (Å²) >= 11 is 6.10. The first-order valence-corrected chi connectivity index (χ1v) is 6.36. The summed E-state index contributed by atoms with van der Waals surface area (Å²) in [5.74, 6) is 0. The van der Waals surface area contributed by atoms with Gasteiger partial charge in [-0.3, -0.25) is 9.36 Å². The van der Waals surface area contributed by atoms with Gasteiger partial charge in [0.25, 0.3) is 5.56 Å². The Morgan fingerprint density at radius 1 is 1.47 bits per heavy atom. The molecule has 1 aromatic carbocycles. The van der Waals surface area contributed by atoms with Crippen LogP contribution in [-0.2, 0) is 9.47 Å². The molecule has 2 atom stereocenters. The second-order valence-corrected chi connectivity index (χ2v) is 4.88. The van der Waals surface area contributed by atoms with Crippen molar-refractivity contribution < 1.29 is 9.47 Å². The molecule has 6 heteroatoms. The van der Waals surface area contributed by atoms with E-state index in [1.807, 2.05) is 0 Å². The molecule has 0 aliphatic carbocycles. The fraction of sp³-hybridized carbons (Fsp3) is 0.385. The van der Waals surface area contributed by atoms with Crippen molar-refractivity contribution in [1.29, 1.82) is 0 Å². The van der Waals surface area contributed by atoms with Gasteiger partial charge in [0.05, 0.1) is 41.5 Å². The largest absolute Gasteiger partial charge is 0.377 e. The molecule has 1 saturated heterocycles. The molecule has 1 fully saturated rings. The van der Waals surface area contributed by atoms with Crippen LogP contribution in [0.5, 0.6) is 0 Å². The second kappa shape index (κ2) is 4.92. The Hall–Kier alpha value is -1.43. The first kappa shape index (κ1) is 12.6. The normalized spacial score (nSPS) is 23.1. The summed E-state index contributed by atoms with van der Waals surface area (Å²) in [5, 5.41) is 0.852. The molecule has 5 nitrogen and oxygen atoms in total. The molecule has 0 unspecified atom stereocenters. The first-order valence-electron chi connectivity index (χ1n) is 5.98. The molecule has 0 bridgehead atoms. The Morgan fingerprint density at radius 2 is 2.32 bits per heavy atom. The number of methoxy groups -OCH3 is 1. The zero-order chi connectivity index (χ0) is 13.4.